The van der Waals surface area contributed by atoms with Gasteiger partial charge in [0.2, 0.25) is 0 Å². The number of aliphatic hydroxyl groups is 1. The number of aliphatic hydroxyl groups excluding tert-OH is 1. The number of phenols is 2. The fraction of sp³-hybridized carbons (Fsp3) is 0.480. The first kappa shape index (κ1) is 20.9. The Labute approximate surface area is 186 Å². The number of aromatic hydroxyl groups is 2. The first-order valence-electron chi connectivity index (χ1n) is 11.0. The molecule has 3 heterocycles. The quantitative estimate of drug-likeness (QED) is 0.616. The van der Waals surface area contributed by atoms with Crippen LogP contribution in [0.1, 0.15) is 73.7 Å². The number of phenolic OH excluding ortho intramolecular Hbond substituents is 2. The van der Waals surface area contributed by atoms with Gasteiger partial charge in [0.1, 0.15) is 40.1 Å². The van der Waals surface area contributed by atoms with E-state index in [2.05, 4.69) is 0 Å². The van der Waals surface area contributed by atoms with E-state index in [0.29, 0.717) is 17.9 Å². The molecule has 0 bridgehead atoms. The van der Waals surface area contributed by atoms with Gasteiger partial charge >= 0.3 is 0 Å². The number of rotatable bonds is 1. The molecule has 0 aromatic heterocycles. The summed E-state index contributed by atoms with van der Waals surface area (Å²) in [6.45, 7) is 7.77. The molecule has 5 rings (SSSR count). The van der Waals surface area contributed by atoms with Crippen LogP contribution in [0.4, 0.5) is 0 Å². The standard InChI is InChI=1S/C25H28O7/c1-24(2)6-5-12-7-14(15-10-20(29)25(3,4)32-23(15)22(12)31-24)18-11-17(28)21-16(27)8-13(26)9-19(21)30-18/h7-9,18,20,26-27,29H,5-6,10-11H2,1-4H3/t18-,20-/m0/s1. The minimum absolute atomic E-state index is 0.0302. The lowest BCUT2D eigenvalue weighted by Crippen LogP contribution is -2.47. The molecule has 2 atom stereocenters. The van der Waals surface area contributed by atoms with Gasteiger partial charge in [-0.15, -0.1) is 0 Å². The van der Waals surface area contributed by atoms with Gasteiger partial charge in [0.25, 0.3) is 0 Å². The monoisotopic (exact) mass is 440 g/mol. The minimum Gasteiger partial charge on any atom is -0.508 e. The summed E-state index contributed by atoms with van der Waals surface area (Å²) in [7, 11) is 0. The van der Waals surface area contributed by atoms with Gasteiger partial charge in [-0.1, -0.05) is 0 Å². The molecule has 7 heteroatoms. The minimum atomic E-state index is -0.794. The first-order chi connectivity index (χ1) is 14.9. The van der Waals surface area contributed by atoms with Crippen molar-refractivity contribution >= 4 is 5.78 Å². The molecule has 3 aliphatic heterocycles. The third-order valence-corrected chi connectivity index (χ3v) is 6.72. The van der Waals surface area contributed by atoms with Crippen LogP contribution >= 0.6 is 0 Å². The normalized spacial score (nSPS) is 24.8. The van der Waals surface area contributed by atoms with E-state index in [4.69, 9.17) is 14.2 Å². The van der Waals surface area contributed by atoms with Crippen LogP contribution < -0.4 is 14.2 Å². The molecule has 0 spiro atoms. The van der Waals surface area contributed by atoms with Crippen LogP contribution in [0.5, 0.6) is 28.7 Å². The van der Waals surface area contributed by atoms with Crippen molar-refractivity contribution in [3.63, 3.8) is 0 Å². The average Bonchev–Trinajstić information content (AvgIpc) is 2.67. The van der Waals surface area contributed by atoms with Crippen molar-refractivity contribution in [1.82, 2.24) is 0 Å². The summed E-state index contributed by atoms with van der Waals surface area (Å²) in [5.41, 5.74) is 1.45. The molecule has 2 aromatic rings. The number of fused-ring (bicyclic) bond motifs is 4. The summed E-state index contributed by atoms with van der Waals surface area (Å²) in [6, 6.07) is 4.46. The lowest BCUT2D eigenvalue weighted by molar-refractivity contribution is -0.0464. The van der Waals surface area contributed by atoms with Gasteiger partial charge in [0.15, 0.2) is 17.3 Å². The fourth-order valence-corrected chi connectivity index (χ4v) is 4.79. The Bertz CT molecular complexity index is 1130. The number of ether oxygens (including phenoxy) is 3. The average molecular weight is 440 g/mol. The van der Waals surface area contributed by atoms with Gasteiger partial charge in [-0.25, -0.2) is 0 Å². The molecule has 32 heavy (non-hydrogen) atoms. The molecule has 0 unspecified atom stereocenters. The molecule has 0 fully saturated rings. The second-order valence-corrected chi connectivity index (χ2v) is 10.1. The van der Waals surface area contributed by atoms with Crippen LogP contribution in [0.3, 0.4) is 0 Å². The zero-order valence-electron chi connectivity index (χ0n) is 18.7. The van der Waals surface area contributed by atoms with E-state index in [9.17, 15) is 20.1 Å². The van der Waals surface area contributed by atoms with Crippen LogP contribution in [0.15, 0.2) is 18.2 Å². The molecule has 3 N–H and O–H groups in total. The van der Waals surface area contributed by atoms with E-state index < -0.39 is 17.8 Å². The molecule has 170 valence electrons. The summed E-state index contributed by atoms with van der Waals surface area (Å²) in [6.07, 6.45) is 0.599. The van der Waals surface area contributed by atoms with Crippen LogP contribution in [0.2, 0.25) is 0 Å². The Hall–Kier alpha value is -2.93. The van der Waals surface area contributed by atoms with E-state index in [-0.39, 0.29) is 40.6 Å². The van der Waals surface area contributed by atoms with Crippen molar-refractivity contribution in [1.29, 1.82) is 0 Å². The van der Waals surface area contributed by atoms with Gasteiger partial charge in [0.05, 0.1) is 12.5 Å². The number of ketones is 1. The van der Waals surface area contributed by atoms with Crippen molar-refractivity contribution in [2.45, 2.75) is 76.8 Å². The molecule has 0 saturated carbocycles. The number of benzene rings is 2. The van der Waals surface area contributed by atoms with E-state index in [1.165, 1.54) is 6.07 Å². The highest BCUT2D eigenvalue weighted by Crippen LogP contribution is 2.51. The van der Waals surface area contributed by atoms with E-state index in [0.717, 1.165) is 35.6 Å². The highest BCUT2D eigenvalue weighted by atomic mass is 16.6. The Kier molecular flexibility index (Phi) is 4.44. The maximum Gasteiger partial charge on any atom is 0.174 e. The Morgan fingerprint density at radius 3 is 2.50 bits per heavy atom. The maximum absolute atomic E-state index is 12.9. The van der Waals surface area contributed by atoms with E-state index in [1.807, 2.05) is 33.8 Å². The number of hydrogen-bond acceptors (Lipinski definition) is 7. The lowest BCUT2D eigenvalue weighted by Gasteiger charge is -2.42. The number of carbonyl (C=O) groups excluding carboxylic acids is 1. The summed E-state index contributed by atoms with van der Waals surface area (Å²) in [4.78, 5) is 12.9. The van der Waals surface area contributed by atoms with Crippen LogP contribution in [-0.4, -0.2) is 38.4 Å². The molecule has 0 radical (unpaired) electrons. The van der Waals surface area contributed by atoms with Gasteiger partial charge in [-0.2, -0.15) is 0 Å². The third-order valence-electron chi connectivity index (χ3n) is 6.72. The summed E-state index contributed by atoms with van der Waals surface area (Å²) in [5, 5.41) is 30.8. The van der Waals surface area contributed by atoms with Crippen molar-refractivity contribution in [3.05, 3.63) is 40.5 Å². The number of carbonyl (C=O) groups is 1. The second kappa shape index (κ2) is 6.78. The summed E-state index contributed by atoms with van der Waals surface area (Å²) in [5.74, 6) is 0.685. The van der Waals surface area contributed by atoms with Crippen LogP contribution in [0, 0.1) is 0 Å². The molecule has 0 saturated heterocycles. The number of hydrogen-bond donors (Lipinski definition) is 3. The Morgan fingerprint density at radius 2 is 1.75 bits per heavy atom. The number of aryl methyl sites for hydroxylation is 1. The molecular formula is C25H28O7. The zero-order chi connectivity index (χ0) is 23.0. The molecular weight excluding hydrogens is 412 g/mol. The van der Waals surface area contributed by atoms with E-state index >= 15 is 0 Å². The Balaban J connectivity index is 1.65. The molecule has 2 aromatic carbocycles. The van der Waals surface area contributed by atoms with Crippen molar-refractivity contribution in [2.24, 2.45) is 0 Å². The van der Waals surface area contributed by atoms with Crippen molar-refractivity contribution < 1.29 is 34.3 Å². The second-order valence-electron chi connectivity index (χ2n) is 10.1. The predicted molar refractivity (Wildman–Crippen MR) is 116 cm³/mol. The van der Waals surface area contributed by atoms with E-state index in [1.54, 1.807) is 0 Å². The van der Waals surface area contributed by atoms with Crippen molar-refractivity contribution in [2.75, 3.05) is 0 Å². The highest BCUT2D eigenvalue weighted by Gasteiger charge is 2.43. The third kappa shape index (κ3) is 3.26. The van der Waals surface area contributed by atoms with Gasteiger partial charge < -0.3 is 29.5 Å². The highest BCUT2D eigenvalue weighted by molar-refractivity contribution is 6.02. The maximum atomic E-state index is 12.9. The molecule has 3 aliphatic rings. The summed E-state index contributed by atoms with van der Waals surface area (Å²) >= 11 is 0. The topological polar surface area (TPSA) is 105 Å². The van der Waals surface area contributed by atoms with Crippen LogP contribution in [0.25, 0.3) is 0 Å². The predicted octanol–water partition coefficient (Wildman–Crippen LogP) is 3.98. The molecule has 7 nitrogen and oxygen atoms in total. The Morgan fingerprint density at radius 1 is 1.00 bits per heavy atom. The SMILES string of the molecule is CC1(C)CCc2cc([C@@H]3CC(=O)c4c(O)cc(O)cc4O3)c3c(c2O1)OC(C)(C)[C@@H](O)C3. The van der Waals surface area contributed by atoms with Crippen LogP contribution in [-0.2, 0) is 12.8 Å². The van der Waals surface area contributed by atoms with Crippen molar-refractivity contribution in [3.8, 4) is 28.7 Å². The van der Waals surface area contributed by atoms with Gasteiger partial charge in [-0.3, -0.25) is 4.79 Å². The molecule has 0 aliphatic carbocycles. The smallest absolute Gasteiger partial charge is 0.174 e. The lowest BCUT2D eigenvalue weighted by atomic mass is 9.82. The largest absolute Gasteiger partial charge is 0.508 e. The fourth-order valence-electron chi connectivity index (χ4n) is 4.79. The number of Topliss-reactive ketones (excluding diaryl/α,β-unsaturated/α-hetero) is 1. The molecule has 0 amide bonds. The first-order valence-corrected chi connectivity index (χ1v) is 11.0. The summed E-state index contributed by atoms with van der Waals surface area (Å²) < 4.78 is 18.7. The van der Waals surface area contributed by atoms with Gasteiger partial charge in [0, 0.05) is 29.7 Å². The van der Waals surface area contributed by atoms with Gasteiger partial charge in [-0.05, 0) is 52.2 Å². The zero-order valence-corrected chi connectivity index (χ0v) is 18.7.